The smallest absolute Gasteiger partial charge is 0.0233 e. The SMILES string of the molecule is CCCCCCC(CCCCC)CCC(CC(CCC)CCCCC)C(CC(CCC)CCCCC)(CC(CCCCCC)CCCCCC)C(CC(CCC)CCCCC)C(CCCC)CCCCCC. The van der Waals surface area contributed by atoms with Gasteiger partial charge >= 0.3 is 0 Å². The second-order valence-electron chi connectivity index (χ2n) is 26.0. The fourth-order valence-corrected chi connectivity index (χ4v) is 15.1. The molecule has 0 rings (SSSR count). The van der Waals surface area contributed by atoms with E-state index in [1.165, 1.54) is 289 Å². The van der Waals surface area contributed by atoms with Crippen LogP contribution in [0.25, 0.3) is 0 Å². The first-order valence-corrected chi connectivity index (χ1v) is 35.3. The molecule has 0 saturated carbocycles. The van der Waals surface area contributed by atoms with Gasteiger partial charge in [0.2, 0.25) is 0 Å². The van der Waals surface area contributed by atoms with Crippen molar-refractivity contribution in [2.75, 3.05) is 0 Å². The van der Waals surface area contributed by atoms with Crippen LogP contribution < -0.4 is 0 Å². The lowest BCUT2D eigenvalue weighted by atomic mass is 9.50. The maximum Gasteiger partial charge on any atom is -0.0233 e. The van der Waals surface area contributed by atoms with Crippen molar-refractivity contribution in [1.82, 2.24) is 0 Å². The zero-order valence-corrected chi connectivity index (χ0v) is 53.2. The second-order valence-corrected chi connectivity index (χ2v) is 26.0. The quantitative estimate of drug-likeness (QED) is 0.0533. The van der Waals surface area contributed by atoms with E-state index in [0.717, 1.165) is 47.3 Å². The summed E-state index contributed by atoms with van der Waals surface area (Å²) in [5.41, 5.74) is 0.457. The molecule has 0 saturated heterocycles. The Morgan fingerprint density at radius 3 is 0.889 bits per heavy atom. The lowest BCUT2D eigenvalue weighted by molar-refractivity contribution is -0.0553. The highest BCUT2D eigenvalue weighted by atomic mass is 14.5. The first-order chi connectivity index (χ1) is 35.3. The molecule has 0 bridgehead atoms. The summed E-state index contributed by atoms with van der Waals surface area (Å²) in [6.07, 6.45) is 74.8. The van der Waals surface area contributed by atoms with Crippen LogP contribution in [0.15, 0.2) is 0 Å². The molecular formula is C72H146. The van der Waals surface area contributed by atoms with E-state index in [-0.39, 0.29) is 0 Å². The summed E-state index contributed by atoms with van der Waals surface area (Å²) in [6, 6.07) is 0. The predicted octanol–water partition coefficient (Wildman–Crippen LogP) is 27.0. The summed E-state index contributed by atoms with van der Waals surface area (Å²) >= 11 is 0. The molecule has 0 spiro atoms. The van der Waals surface area contributed by atoms with Gasteiger partial charge in [-0.25, -0.2) is 0 Å². The highest BCUT2D eigenvalue weighted by Gasteiger charge is 2.50. The molecule has 0 aromatic rings. The van der Waals surface area contributed by atoms with Crippen molar-refractivity contribution in [2.24, 2.45) is 52.8 Å². The number of unbranched alkanes of at least 4 members (excludes halogenated alkanes) is 21. The molecule has 0 amide bonds. The minimum absolute atomic E-state index is 0.457. The fourth-order valence-electron chi connectivity index (χ4n) is 15.1. The third-order valence-corrected chi connectivity index (χ3v) is 19.3. The zero-order valence-electron chi connectivity index (χ0n) is 53.2. The van der Waals surface area contributed by atoms with Crippen molar-refractivity contribution in [3.05, 3.63) is 0 Å². The van der Waals surface area contributed by atoms with Gasteiger partial charge in [-0.3, -0.25) is 0 Å². The van der Waals surface area contributed by atoms with E-state index in [1.54, 1.807) is 38.5 Å². The average Bonchev–Trinajstić information content (AvgIpc) is 3.37. The van der Waals surface area contributed by atoms with Crippen LogP contribution in [0.1, 0.15) is 411 Å². The highest BCUT2D eigenvalue weighted by Crippen LogP contribution is 2.59. The molecule has 8 unspecified atom stereocenters. The maximum atomic E-state index is 2.58. The van der Waals surface area contributed by atoms with Gasteiger partial charge in [0.15, 0.2) is 0 Å². The second kappa shape index (κ2) is 53.0. The van der Waals surface area contributed by atoms with Crippen molar-refractivity contribution in [1.29, 1.82) is 0 Å². The van der Waals surface area contributed by atoms with Gasteiger partial charge in [0.25, 0.3) is 0 Å². The largest absolute Gasteiger partial charge is 0.0654 e. The predicted molar refractivity (Wildman–Crippen MR) is 334 cm³/mol. The molecule has 0 aromatic heterocycles. The maximum absolute atomic E-state index is 2.58. The van der Waals surface area contributed by atoms with E-state index in [2.05, 4.69) is 83.1 Å². The first-order valence-electron chi connectivity index (χ1n) is 35.3. The van der Waals surface area contributed by atoms with Gasteiger partial charge in [-0.2, -0.15) is 0 Å². The Morgan fingerprint density at radius 1 is 0.208 bits per heavy atom. The van der Waals surface area contributed by atoms with Gasteiger partial charge < -0.3 is 0 Å². The van der Waals surface area contributed by atoms with Crippen LogP contribution in [-0.4, -0.2) is 0 Å². The van der Waals surface area contributed by atoms with Crippen LogP contribution in [0.4, 0.5) is 0 Å². The standard InChI is InChI=1S/C72H146/c1-13-25-34-42-50-64(49-38-29-17-5)58-59-70(60-65(46-22-10)51-39-30-18-6)72(62-67(48-24-12)53-41-32-20-8,63-68(54-43-35-26-14-2)55-44-36-27-15-3)71(61-66(47-23-11)52-40-31-19-7)69(56-33-21-9)57-45-37-28-16-4/h64-71H,13-63H2,1-12H3. The Hall–Kier alpha value is 0. The summed E-state index contributed by atoms with van der Waals surface area (Å²) in [7, 11) is 0. The Labute approximate surface area is 461 Å². The van der Waals surface area contributed by atoms with Gasteiger partial charge in [0.1, 0.15) is 0 Å². The van der Waals surface area contributed by atoms with Crippen LogP contribution >= 0.6 is 0 Å². The van der Waals surface area contributed by atoms with Crippen LogP contribution in [0.5, 0.6) is 0 Å². The molecule has 8 atom stereocenters. The molecular weight excluding hydrogens is 865 g/mol. The summed E-state index contributed by atoms with van der Waals surface area (Å²) in [5, 5.41) is 0. The molecule has 0 fully saturated rings. The van der Waals surface area contributed by atoms with Crippen LogP contribution in [0, 0.1) is 52.8 Å². The number of hydrogen-bond acceptors (Lipinski definition) is 0. The molecule has 0 N–H and O–H groups in total. The van der Waals surface area contributed by atoms with E-state index in [9.17, 15) is 0 Å². The summed E-state index contributed by atoms with van der Waals surface area (Å²) in [4.78, 5) is 0. The normalized spacial score (nSPS) is 16.0. The topological polar surface area (TPSA) is 0 Å². The monoisotopic (exact) mass is 1010 g/mol. The lowest BCUT2D eigenvalue weighted by Gasteiger charge is -2.55. The number of rotatable bonds is 59. The number of hydrogen-bond donors (Lipinski definition) is 0. The Bertz CT molecular complexity index is 1020. The first kappa shape index (κ1) is 72.0. The van der Waals surface area contributed by atoms with Gasteiger partial charge in [-0.05, 0) is 84.9 Å². The summed E-state index contributed by atoms with van der Waals surface area (Å²) in [6.45, 7) is 29.9. The lowest BCUT2D eigenvalue weighted by Crippen LogP contribution is -2.46. The Kier molecular flexibility index (Phi) is 53.0. The Balaban J connectivity index is 9.04. The van der Waals surface area contributed by atoms with E-state index < -0.39 is 0 Å². The molecule has 0 aliphatic carbocycles. The van der Waals surface area contributed by atoms with E-state index in [1.807, 2.05) is 0 Å². The molecule has 0 heterocycles. The molecule has 0 heteroatoms. The van der Waals surface area contributed by atoms with Gasteiger partial charge in [0.05, 0.1) is 0 Å². The van der Waals surface area contributed by atoms with Crippen LogP contribution in [-0.2, 0) is 0 Å². The van der Waals surface area contributed by atoms with Crippen molar-refractivity contribution in [2.45, 2.75) is 411 Å². The minimum Gasteiger partial charge on any atom is -0.0654 e. The fraction of sp³-hybridized carbons (Fsp3) is 1.00. The third kappa shape index (κ3) is 36.2. The van der Waals surface area contributed by atoms with Crippen LogP contribution in [0.2, 0.25) is 0 Å². The average molecular weight is 1010 g/mol. The molecule has 72 heavy (non-hydrogen) atoms. The molecule has 434 valence electrons. The third-order valence-electron chi connectivity index (χ3n) is 19.3. The summed E-state index contributed by atoms with van der Waals surface area (Å²) < 4.78 is 0. The van der Waals surface area contributed by atoms with E-state index in [0.29, 0.717) is 5.41 Å². The van der Waals surface area contributed by atoms with Gasteiger partial charge in [-0.1, -0.05) is 378 Å². The van der Waals surface area contributed by atoms with Crippen molar-refractivity contribution in [3.8, 4) is 0 Å². The minimum atomic E-state index is 0.457. The molecule has 0 aromatic carbocycles. The van der Waals surface area contributed by atoms with Gasteiger partial charge in [0, 0.05) is 0 Å². The highest BCUT2D eigenvalue weighted by molar-refractivity contribution is 5.00. The molecule has 0 aliphatic heterocycles. The molecule has 0 aliphatic rings. The Morgan fingerprint density at radius 2 is 0.500 bits per heavy atom. The molecule has 0 radical (unpaired) electrons. The summed E-state index contributed by atoms with van der Waals surface area (Å²) in [5.74, 6) is 7.30. The van der Waals surface area contributed by atoms with Crippen molar-refractivity contribution in [3.63, 3.8) is 0 Å². The molecule has 0 nitrogen and oxygen atoms in total. The van der Waals surface area contributed by atoms with Crippen LogP contribution in [0.3, 0.4) is 0 Å². The zero-order chi connectivity index (χ0) is 53.2. The van der Waals surface area contributed by atoms with Crippen molar-refractivity contribution < 1.29 is 0 Å². The van der Waals surface area contributed by atoms with E-state index in [4.69, 9.17) is 0 Å². The van der Waals surface area contributed by atoms with Gasteiger partial charge in [-0.15, -0.1) is 0 Å². The van der Waals surface area contributed by atoms with E-state index >= 15 is 0 Å². The van der Waals surface area contributed by atoms with Crippen molar-refractivity contribution >= 4 is 0 Å².